The number of carboxylic acids is 1. The average molecular weight is 427 g/mol. The van der Waals surface area contributed by atoms with Crippen molar-refractivity contribution in [2.75, 3.05) is 0 Å². The molecule has 0 unspecified atom stereocenters. The molecular weight excluding hydrogens is 411 g/mol. The molecule has 0 saturated heterocycles. The number of benzene rings is 3. The number of fused-ring (bicyclic) bond motifs is 2. The van der Waals surface area contributed by atoms with Gasteiger partial charge in [-0.3, -0.25) is 4.79 Å². The van der Waals surface area contributed by atoms with E-state index in [-0.39, 0.29) is 28.2 Å². The van der Waals surface area contributed by atoms with E-state index in [1.807, 2.05) is 5.32 Å². The van der Waals surface area contributed by atoms with Crippen molar-refractivity contribution in [1.29, 1.82) is 0 Å². The van der Waals surface area contributed by atoms with Crippen molar-refractivity contribution in [1.82, 2.24) is 5.32 Å². The molecule has 0 aromatic heterocycles. The van der Waals surface area contributed by atoms with E-state index in [4.69, 9.17) is 4.74 Å². The normalized spacial score (nSPS) is 15.1. The predicted octanol–water partition coefficient (Wildman–Crippen LogP) is 4.74. The summed E-state index contributed by atoms with van der Waals surface area (Å²) in [6.45, 7) is 0. The summed E-state index contributed by atoms with van der Waals surface area (Å²) >= 11 is 0. The summed E-state index contributed by atoms with van der Waals surface area (Å²) in [7, 11) is 0. The van der Waals surface area contributed by atoms with Crippen LogP contribution in [0.4, 0.5) is 13.2 Å². The molecule has 2 N–H and O–H groups in total. The first-order valence-corrected chi connectivity index (χ1v) is 9.29. The number of hydrogen-bond donors (Lipinski definition) is 2. The number of para-hydroxylation sites is 2. The lowest BCUT2D eigenvalue weighted by atomic mass is 9.72. The van der Waals surface area contributed by atoms with Gasteiger partial charge >= 0.3 is 12.1 Å². The highest BCUT2D eigenvalue weighted by atomic mass is 19.4. The molecule has 0 saturated carbocycles. The Kier molecular flexibility index (Phi) is 4.93. The first-order chi connectivity index (χ1) is 14.8. The summed E-state index contributed by atoms with van der Waals surface area (Å²) in [6.07, 6.45) is -5.34. The first kappa shape index (κ1) is 20.5. The van der Waals surface area contributed by atoms with Crippen LogP contribution in [0.1, 0.15) is 27.4 Å². The van der Waals surface area contributed by atoms with E-state index in [0.717, 1.165) is 0 Å². The number of aliphatic carboxylic acids is 1. The zero-order valence-corrected chi connectivity index (χ0v) is 15.9. The van der Waals surface area contributed by atoms with E-state index in [2.05, 4.69) is 0 Å². The lowest BCUT2D eigenvalue weighted by Crippen LogP contribution is -2.67. The zero-order chi connectivity index (χ0) is 22.2. The molecule has 1 amide bonds. The largest absolute Gasteiger partial charge is 0.479 e. The smallest absolute Gasteiger partial charge is 0.423 e. The molecule has 0 fully saturated rings. The minimum absolute atomic E-state index is 0.00860. The molecule has 3 aromatic rings. The van der Waals surface area contributed by atoms with Gasteiger partial charge in [0.05, 0.1) is 5.92 Å². The van der Waals surface area contributed by atoms with E-state index < -0.39 is 29.5 Å². The van der Waals surface area contributed by atoms with Crippen LogP contribution in [0.15, 0.2) is 78.9 Å². The molecule has 1 heterocycles. The SMILES string of the molecule is O=C(N[C@@](C(=O)O)(C1c2ccccc2Oc2ccccc21)C(F)(F)F)c1ccccc1. The third kappa shape index (κ3) is 3.30. The van der Waals surface area contributed by atoms with Gasteiger partial charge in [0, 0.05) is 16.7 Å². The minimum atomic E-state index is -5.34. The lowest BCUT2D eigenvalue weighted by Gasteiger charge is -2.42. The van der Waals surface area contributed by atoms with E-state index >= 15 is 0 Å². The molecule has 0 spiro atoms. The van der Waals surface area contributed by atoms with Crippen LogP contribution in [-0.4, -0.2) is 28.7 Å². The molecular formula is C23H16F3NO4. The van der Waals surface area contributed by atoms with Crippen LogP contribution in [0.3, 0.4) is 0 Å². The van der Waals surface area contributed by atoms with E-state index in [9.17, 15) is 27.9 Å². The molecule has 0 bridgehead atoms. The van der Waals surface area contributed by atoms with Crippen LogP contribution in [-0.2, 0) is 4.79 Å². The number of carbonyl (C=O) groups is 2. The molecule has 4 rings (SSSR count). The average Bonchev–Trinajstić information content (AvgIpc) is 2.75. The lowest BCUT2D eigenvalue weighted by molar-refractivity contribution is -0.211. The van der Waals surface area contributed by atoms with Crippen molar-refractivity contribution in [3.63, 3.8) is 0 Å². The van der Waals surface area contributed by atoms with Gasteiger partial charge in [0.1, 0.15) is 11.5 Å². The summed E-state index contributed by atoms with van der Waals surface area (Å²) in [6, 6.07) is 18.9. The van der Waals surface area contributed by atoms with Crippen LogP contribution in [0.25, 0.3) is 0 Å². The van der Waals surface area contributed by atoms with Crippen LogP contribution in [0.2, 0.25) is 0 Å². The zero-order valence-electron chi connectivity index (χ0n) is 15.9. The molecule has 31 heavy (non-hydrogen) atoms. The van der Waals surface area contributed by atoms with Crippen molar-refractivity contribution < 1.29 is 32.6 Å². The second kappa shape index (κ2) is 7.46. The van der Waals surface area contributed by atoms with Crippen molar-refractivity contribution in [3.05, 3.63) is 95.6 Å². The maximum Gasteiger partial charge on any atom is 0.423 e. The van der Waals surface area contributed by atoms with Gasteiger partial charge in [0.25, 0.3) is 5.91 Å². The molecule has 0 radical (unpaired) electrons. The molecule has 1 aliphatic rings. The van der Waals surface area contributed by atoms with E-state index in [1.165, 1.54) is 60.7 Å². The number of carboxylic acid groups (broad SMARTS) is 1. The Bertz CT molecular complexity index is 1100. The van der Waals surface area contributed by atoms with Gasteiger partial charge in [0.2, 0.25) is 5.54 Å². The Morgan fingerprint density at radius 1 is 0.806 bits per heavy atom. The third-order valence-electron chi connectivity index (χ3n) is 5.24. The summed E-state index contributed by atoms with van der Waals surface area (Å²) in [4.78, 5) is 25.2. The second-order valence-electron chi connectivity index (χ2n) is 7.04. The number of rotatable bonds is 4. The number of carbonyl (C=O) groups excluding carboxylic acids is 1. The third-order valence-corrected chi connectivity index (χ3v) is 5.24. The fourth-order valence-electron chi connectivity index (χ4n) is 3.82. The Morgan fingerprint density at radius 2 is 1.29 bits per heavy atom. The highest BCUT2D eigenvalue weighted by Gasteiger charge is 2.68. The highest BCUT2D eigenvalue weighted by Crippen LogP contribution is 2.53. The first-order valence-electron chi connectivity index (χ1n) is 9.29. The van der Waals surface area contributed by atoms with Crippen LogP contribution in [0, 0.1) is 0 Å². The van der Waals surface area contributed by atoms with Crippen molar-refractivity contribution in [2.45, 2.75) is 17.6 Å². The fraction of sp³-hybridized carbons (Fsp3) is 0.130. The van der Waals surface area contributed by atoms with Crippen molar-refractivity contribution >= 4 is 11.9 Å². The van der Waals surface area contributed by atoms with Crippen molar-refractivity contribution in [3.8, 4) is 11.5 Å². The van der Waals surface area contributed by atoms with E-state index in [1.54, 1.807) is 18.2 Å². The number of halogens is 3. The summed E-state index contributed by atoms with van der Waals surface area (Å²) in [5.41, 5.74) is -3.72. The Balaban J connectivity index is 1.97. The van der Waals surface area contributed by atoms with Crippen LogP contribution in [0.5, 0.6) is 11.5 Å². The molecule has 0 aliphatic carbocycles. The maximum atomic E-state index is 14.6. The quantitative estimate of drug-likeness (QED) is 0.631. The molecule has 8 heteroatoms. The van der Waals surface area contributed by atoms with Gasteiger partial charge in [-0.05, 0) is 24.3 Å². The van der Waals surface area contributed by atoms with Gasteiger partial charge in [0.15, 0.2) is 0 Å². The maximum absolute atomic E-state index is 14.6. The minimum Gasteiger partial charge on any atom is -0.479 e. The van der Waals surface area contributed by atoms with Gasteiger partial charge in [-0.25, -0.2) is 4.79 Å². The predicted molar refractivity (Wildman–Crippen MR) is 105 cm³/mol. The summed E-state index contributed by atoms with van der Waals surface area (Å²) in [5, 5.41) is 11.8. The van der Waals surface area contributed by atoms with Gasteiger partial charge in [-0.1, -0.05) is 54.6 Å². The topological polar surface area (TPSA) is 75.6 Å². The Morgan fingerprint density at radius 3 is 1.77 bits per heavy atom. The van der Waals surface area contributed by atoms with Crippen LogP contribution < -0.4 is 10.1 Å². The monoisotopic (exact) mass is 427 g/mol. The molecule has 3 aromatic carbocycles. The highest BCUT2D eigenvalue weighted by molar-refractivity contribution is 5.99. The standard InChI is InChI=1S/C23H16F3NO4/c24-23(25,26)22(21(29)30,27-20(28)14-8-2-1-3-9-14)19-15-10-4-6-12-17(15)31-18-13-7-5-11-16(18)19/h1-13,19H,(H,27,28)(H,29,30)/t22-/m1/s1. The van der Waals surface area contributed by atoms with Gasteiger partial charge in [-0.2, -0.15) is 13.2 Å². The van der Waals surface area contributed by atoms with Gasteiger partial charge in [-0.15, -0.1) is 0 Å². The van der Waals surface area contributed by atoms with Gasteiger partial charge < -0.3 is 15.2 Å². The fourth-order valence-corrected chi connectivity index (χ4v) is 3.82. The molecule has 1 aliphatic heterocycles. The number of amides is 1. The number of nitrogens with one attached hydrogen (secondary N) is 1. The second-order valence-corrected chi connectivity index (χ2v) is 7.04. The number of alkyl halides is 3. The van der Waals surface area contributed by atoms with E-state index in [0.29, 0.717) is 0 Å². The number of hydrogen-bond acceptors (Lipinski definition) is 3. The molecule has 5 nitrogen and oxygen atoms in total. The molecule has 1 atom stereocenters. The Labute approximate surface area is 175 Å². The van der Waals surface area contributed by atoms with Crippen LogP contribution >= 0.6 is 0 Å². The Hall–Kier alpha value is -3.81. The molecule has 158 valence electrons. The number of ether oxygens (including phenoxy) is 1. The summed E-state index contributed by atoms with van der Waals surface area (Å²) in [5.74, 6) is -4.97. The van der Waals surface area contributed by atoms with Crippen molar-refractivity contribution in [2.24, 2.45) is 0 Å². The summed E-state index contributed by atoms with van der Waals surface area (Å²) < 4.78 is 49.6.